The molecular weight excluding hydrogens is 422 g/mol. The molecule has 1 heterocycles. The smallest absolute Gasteiger partial charge is 0.121 e. The summed E-state index contributed by atoms with van der Waals surface area (Å²) in [4.78, 5) is 10.5. The molecule has 2 bridgehead atoms. The van der Waals surface area contributed by atoms with Gasteiger partial charge >= 0.3 is 0 Å². The van der Waals surface area contributed by atoms with Crippen molar-refractivity contribution in [3.63, 3.8) is 0 Å². The third-order valence-electron chi connectivity index (χ3n) is 8.14. The number of ether oxygens (including phenoxy) is 1. The minimum Gasteiger partial charge on any atom is -0.497 e. The number of nitrogens with zero attached hydrogens (tertiary/aromatic N) is 2. The summed E-state index contributed by atoms with van der Waals surface area (Å²) in [5.74, 6) is 2.63. The van der Waals surface area contributed by atoms with Gasteiger partial charge in [-0.2, -0.15) is 0 Å². The van der Waals surface area contributed by atoms with E-state index in [2.05, 4.69) is 54.2 Å². The van der Waals surface area contributed by atoms with E-state index in [1.165, 1.54) is 23.1 Å². The van der Waals surface area contributed by atoms with E-state index < -0.39 is 5.60 Å². The van der Waals surface area contributed by atoms with Gasteiger partial charge in [0, 0.05) is 24.9 Å². The van der Waals surface area contributed by atoms with Gasteiger partial charge in [-0.3, -0.25) is 0 Å². The second-order valence-corrected chi connectivity index (χ2v) is 10.3. The summed E-state index contributed by atoms with van der Waals surface area (Å²) >= 11 is 0. The highest BCUT2D eigenvalue weighted by atomic mass is 16.5. The van der Waals surface area contributed by atoms with Crippen LogP contribution in [-0.2, 0) is 6.42 Å². The Balaban J connectivity index is 1.17. The number of aromatic amines is 1. The number of fused-ring (bicyclic) bond motifs is 3. The summed E-state index contributed by atoms with van der Waals surface area (Å²) in [5.41, 5.74) is 5.62. The molecule has 6 rings (SSSR count). The number of aryl methyl sites for hydroxylation is 1. The van der Waals surface area contributed by atoms with Gasteiger partial charge in [0.2, 0.25) is 0 Å². The first-order chi connectivity index (χ1) is 16.5. The van der Waals surface area contributed by atoms with E-state index in [4.69, 9.17) is 9.72 Å². The van der Waals surface area contributed by atoms with Crippen molar-refractivity contribution >= 4 is 16.6 Å². The third kappa shape index (κ3) is 4.51. The van der Waals surface area contributed by atoms with Crippen molar-refractivity contribution in [2.75, 3.05) is 27.2 Å². The summed E-state index contributed by atoms with van der Waals surface area (Å²) in [6.07, 6.45) is 6.01. The first kappa shape index (κ1) is 23.1. The zero-order valence-corrected chi connectivity index (χ0v) is 20.7. The standard InChI is InChI=1S/C29H37N3O2/c1-20-22-11-13-24(28(20)21-8-5-4-6-9-21)29(33,19-22)15-17-32(2)16-7-10-27-30-25-14-12-23(34-3)18-26(25)31-27/h4-6,8-9,12,14,18,22,24,33H,7,10-11,13,15-17,19H2,1-3H3,(H,30,31)/t22-,24+,29-/m1/s1. The number of nitrogens with one attached hydrogen (secondary N) is 1. The Morgan fingerprint density at radius 2 is 1.97 bits per heavy atom. The Kier molecular flexibility index (Phi) is 6.50. The molecule has 3 atom stereocenters. The number of aromatic nitrogens is 2. The minimum atomic E-state index is -0.598. The average Bonchev–Trinajstić information content (AvgIpc) is 3.26. The van der Waals surface area contributed by atoms with Crippen molar-refractivity contribution in [3.8, 4) is 5.75 Å². The van der Waals surface area contributed by atoms with E-state index >= 15 is 0 Å². The van der Waals surface area contributed by atoms with Gasteiger partial charge in [-0.25, -0.2) is 4.98 Å². The van der Waals surface area contributed by atoms with E-state index in [-0.39, 0.29) is 5.92 Å². The van der Waals surface area contributed by atoms with Crippen LogP contribution in [0, 0.1) is 11.8 Å². The molecular formula is C29H37N3O2. The number of H-pyrrole nitrogens is 1. The van der Waals surface area contributed by atoms with Crippen LogP contribution >= 0.6 is 0 Å². The molecule has 1 aromatic heterocycles. The number of aliphatic hydroxyl groups is 1. The molecule has 2 N–H and O–H groups in total. The maximum Gasteiger partial charge on any atom is 0.121 e. The Hall–Kier alpha value is -2.63. The first-order valence-corrected chi connectivity index (χ1v) is 12.7. The van der Waals surface area contributed by atoms with Crippen LogP contribution in [0.25, 0.3) is 16.6 Å². The molecule has 0 radical (unpaired) electrons. The van der Waals surface area contributed by atoms with E-state index in [1.54, 1.807) is 7.11 Å². The zero-order valence-electron chi connectivity index (χ0n) is 20.7. The van der Waals surface area contributed by atoms with Gasteiger partial charge in [0.25, 0.3) is 0 Å². The van der Waals surface area contributed by atoms with Crippen LogP contribution in [0.1, 0.15) is 50.4 Å². The second kappa shape index (κ2) is 9.55. The van der Waals surface area contributed by atoms with Crippen LogP contribution < -0.4 is 4.74 Å². The fourth-order valence-electron chi connectivity index (χ4n) is 6.21. The van der Waals surface area contributed by atoms with Gasteiger partial charge in [-0.05, 0) is 81.8 Å². The molecule has 5 nitrogen and oxygen atoms in total. The second-order valence-electron chi connectivity index (χ2n) is 10.3. The van der Waals surface area contributed by atoms with Crippen LogP contribution in [0.15, 0.2) is 54.1 Å². The molecule has 3 aliphatic carbocycles. The SMILES string of the molecule is COc1ccc2nc(CCCN(C)CC[C@@]3(O)C[C@H]4CC[C@H]3C(c3ccccc3)=C4C)[nH]c2c1. The summed E-state index contributed by atoms with van der Waals surface area (Å²) in [7, 11) is 3.86. The summed E-state index contributed by atoms with van der Waals surface area (Å²) in [6, 6.07) is 16.7. The molecule has 3 aromatic rings. The first-order valence-electron chi connectivity index (χ1n) is 12.7. The van der Waals surface area contributed by atoms with Crippen LogP contribution in [-0.4, -0.2) is 52.8 Å². The fourth-order valence-corrected chi connectivity index (χ4v) is 6.21. The Bertz CT molecular complexity index is 1170. The van der Waals surface area contributed by atoms with Crippen molar-refractivity contribution in [2.45, 2.75) is 51.0 Å². The maximum atomic E-state index is 11.8. The molecule has 0 aliphatic heterocycles. The van der Waals surface area contributed by atoms with Crippen molar-refractivity contribution in [2.24, 2.45) is 11.8 Å². The zero-order chi connectivity index (χ0) is 23.7. The molecule has 5 heteroatoms. The van der Waals surface area contributed by atoms with Crippen LogP contribution in [0.4, 0.5) is 0 Å². The molecule has 180 valence electrons. The molecule has 1 saturated carbocycles. The van der Waals surface area contributed by atoms with Gasteiger partial charge in [0.15, 0.2) is 0 Å². The highest BCUT2D eigenvalue weighted by Gasteiger charge is 2.49. The Morgan fingerprint density at radius 3 is 2.76 bits per heavy atom. The molecule has 3 aliphatic rings. The molecule has 0 amide bonds. The molecule has 0 unspecified atom stereocenters. The number of methoxy groups -OCH3 is 1. The van der Waals surface area contributed by atoms with Crippen LogP contribution in [0.2, 0.25) is 0 Å². The lowest BCUT2D eigenvalue weighted by Crippen LogP contribution is -2.49. The van der Waals surface area contributed by atoms with E-state index in [0.29, 0.717) is 5.92 Å². The summed E-state index contributed by atoms with van der Waals surface area (Å²) in [6.45, 7) is 4.20. The number of rotatable bonds is 9. The van der Waals surface area contributed by atoms with Crippen molar-refractivity contribution < 1.29 is 9.84 Å². The Morgan fingerprint density at radius 1 is 1.15 bits per heavy atom. The topological polar surface area (TPSA) is 61.4 Å². The van der Waals surface area contributed by atoms with Crippen molar-refractivity contribution in [1.82, 2.24) is 14.9 Å². The van der Waals surface area contributed by atoms with E-state index in [1.807, 2.05) is 18.2 Å². The van der Waals surface area contributed by atoms with Crippen molar-refractivity contribution in [1.29, 1.82) is 0 Å². The quantitative estimate of drug-likeness (QED) is 0.446. The lowest BCUT2D eigenvalue weighted by atomic mass is 9.57. The molecule has 0 spiro atoms. The number of imidazole rings is 1. The van der Waals surface area contributed by atoms with Gasteiger partial charge < -0.3 is 19.7 Å². The van der Waals surface area contributed by atoms with Gasteiger partial charge in [0.05, 0.1) is 23.7 Å². The predicted octanol–water partition coefficient (Wildman–Crippen LogP) is 5.46. The normalized spacial score (nSPS) is 24.4. The molecule has 34 heavy (non-hydrogen) atoms. The van der Waals surface area contributed by atoms with E-state index in [0.717, 1.165) is 67.8 Å². The van der Waals surface area contributed by atoms with Crippen LogP contribution in [0.3, 0.4) is 0 Å². The number of hydrogen-bond acceptors (Lipinski definition) is 4. The molecule has 0 saturated heterocycles. The summed E-state index contributed by atoms with van der Waals surface area (Å²) < 4.78 is 5.31. The third-order valence-corrected chi connectivity index (χ3v) is 8.14. The average molecular weight is 460 g/mol. The minimum absolute atomic E-state index is 0.251. The monoisotopic (exact) mass is 459 g/mol. The van der Waals surface area contributed by atoms with Gasteiger partial charge in [-0.15, -0.1) is 0 Å². The van der Waals surface area contributed by atoms with Gasteiger partial charge in [0.1, 0.15) is 11.6 Å². The lowest BCUT2D eigenvalue weighted by molar-refractivity contribution is -0.0578. The van der Waals surface area contributed by atoms with Crippen LogP contribution in [0.5, 0.6) is 5.75 Å². The fraction of sp³-hybridized carbons (Fsp3) is 0.483. The highest BCUT2D eigenvalue weighted by molar-refractivity contribution is 5.77. The molecule has 2 aromatic carbocycles. The van der Waals surface area contributed by atoms with E-state index in [9.17, 15) is 5.11 Å². The van der Waals surface area contributed by atoms with Gasteiger partial charge in [-0.1, -0.05) is 35.9 Å². The number of hydrogen-bond donors (Lipinski definition) is 2. The number of allylic oxidation sites excluding steroid dienone is 1. The largest absolute Gasteiger partial charge is 0.497 e. The molecule has 1 fully saturated rings. The maximum absolute atomic E-state index is 11.8. The summed E-state index contributed by atoms with van der Waals surface area (Å²) in [5, 5.41) is 11.8. The van der Waals surface area contributed by atoms with Crippen molar-refractivity contribution in [3.05, 3.63) is 65.5 Å². The Labute approximate surface area is 202 Å². The lowest BCUT2D eigenvalue weighted by Gasteiger charge is -2.51. The number of benzene rings is 2. The highest BCUT2D eigenvalue weighted by Crippen LogP contribution is 2.54. The predicted molar refractivity (Wildman–Crippen MR) is 138 cm³/mol.